The highest BCUT2D eigenvalue weighted by molar-refractivity contribution is 6.30. The molecule has 2 aromatic rings. The topological polar surface area (TPSA) is 60.2 Å². The Hall–Kier alpha value is -1.78. The highest BCUT2D eigenvalue weighted by Crippen LogP contribution is 2.29. The largest absolute Gasteiger partial charge is 0.494 e. The summed E-state index contributed by atoms with van der Waals surface area (Å²) in [5.41, 5.74) is 7.86. The van der Waals surface area contributed by atoms with Crippen LogP contribution in [0.15, 0.2) is 36.5 Å². The average molecular weight is 292 g/mol. The van der Waals surface area contributed by atoms with Gasteiger partial charge in [-0.2, -0.15) is 0 Å². The van der Waals surface area contributed by atoms with E-state index in [4.69, 9.17) is 22.1 Å². The Kier molecular flexibility index (Phi) is 4.82. The Bertz CT molecular complexity index is 589. The highest BCUT2D eigenvalue weighted by atomic mass is 35.5. The van der Waals surface area contributed by atoms with Crippen LogP contribution in [0.2, 0.25) is 5.02 Å². The molecule has 1 aromatic heterocycles. The molecule has 0 aliphatic rings. The van der Waals surface area contributed by atoms with E-state index in [1.807, 2.05) is 44.3 Å². The first-order valence-electron chi connectivity index (χ1n) is 6.46. The van der Waals surface area contributed by atoms with Crippen molar-refractivity contribution in [2.45, 2.75) is 13.0 Å². The van der Waals surface area contributed by atoms with Crippen LogP contribution in [0.3, 0.4) is 0 Å². The predicted molar refractivity (Wildman–Crippen MR) is 82.2 cm³/mol. The van der Waals surface area contributed by atoms with E-state index in [1.165, 1.54) is 0 Å². The molecule has 106 valence electrons. The average Bonchev–Trinajstić information content (AvgIpc) is 2.44. The smallest absolute Gasteiger partial charge is 0.128 e. The molecule has 20 heavy (non-hydrogen) atoms. The molecule has 1 unspecified atom stereocenters. The number of anilines is 1. The Morgan fingerprint density at radius 3 is 2.90 bits per heavy atom. The number of nitrogens with two attached hydrogens (primary N) is 1. The number of aromatic nitrogens is 1. The number of pyridine rings is 1. The molecule has 0 fully saturated rings. The number of hydrogen-bond acceptors (Lipinski definition) is 4. The van der Waals surface area contributed by atoms with Gasteiger partial charge < -0.3 is 15.8 Å². The molecule has 5 heteroatoms. The van der Waals surface area contributed by atoms with Crippen LogP contribution < -0.4 is 15.8 Å². The van der Waals surface area contributed by atoms with Gasteiger partial charge in [0.05, 0.1) is 17.7 Å². The molecule has 2 rings (SSSR count). The lowest BCUT2D eigenvalue weighted by Gasteiger charge is -2.19. The first kappa shape index (κ1) is 14.6. The van der Waals surface area contributed by atoms with Crippen LogP contribution in [0, 0.1) is 0 Å². The lowest BCUT2D eigenvalue weighted by molar-refractivity contribution is 0.339. The number of hydrogen-bond donors (Lipinski definition) is 2. The van der Waals surface area contributed by atoms with E-state index in [0.717, 1.165) is 16.9 Å². The first-order chi connectivity index (χ1) is 9.65. The summed E-state index contributed by atoms with van der Waals surface area (Å²) in [6, 6.07) is 9.65. The molecule has 4 nitrogen and oxygen atoms in total. The van der Waals surface area contributed by atoms with Gasteiger partial charge in [-0.25, -0.2) is 4.98 Å². The van der Waals surface area contributed by atoms with Gasteiger partial charge in [-0.15, -0.1) is 0 Å². The number of nitrogens with zero attached hydrogens (tertiary/aromatic N) is 1. The number of rotatable bonds is 5. The number of benzene rings is 1. The van der Waals surface area contributed by atoms with Crippen molar-refractivity contribution in [2.75, 3.05) is 19.4 Å². The molecule has 0 bridgehead atoms. The summed E-state index contributed by atoms with van der Waals surface area (Å²) in [4.78, 5) is 4.11. The lowest BCUT2D eigenvalue weighted by Crippen LogP contribution is -2.19. The molecule has 1 heterocycles. The maximum Gasteiger partial charge on any atom is 0.128 e. The van der Waals surface area contributed by atoms with E-state index in [2.05, 4.69) is 10.3 Å². The molecule has 0 amide bonds. The van der Waals surface area contributed by atoms with E-state index in [0.29, 0.717) is 17.4 Å². The van der Waals surface area contributed by atoms with Gasteiger partial charge in [0.1, 0.15) is 11.6 Å². The summed E-state index contributed by atoms with van der Waals surface area (Å²) < 4.78 is 5.53. The van der Waals surface area contributed by atoms with Crippen molar-refractivity contribution in [1.82, 2.24) is 10.3 Å². The van der Waals surface area contributed by atoms with Gasteiger partial charge in [0.25, 0.3) is 0 Å². The summed E-state index contributed by atoms with van der Waals surface area (Å²) in [7, 11) is 1.87. The summed E-state index contributed by atoms with van der Waals surface area (Å²) in [6.07, 6.45) is 1.55. The number of nitrogens with one attached hydrogen (secondary N) is 1. The predicted octanol–water partition coefficient (Wildman–Crippen LogP) is 3.02. The second kappa shape index (κ2) is 6.59. The number of halogens is 1. The Balaban J connectivity index is 2.41. The zero-order valence-corrected chi connectivity index (χ0v) is 12.3. The molecule has 0 spiro atoms. The molecule has 0 saturated carbocycles. The maximum atomic E-state index is 6.02. The fourth-order valence-corrected chi connectivity index (χ4v) is 2.32. The van der Waals surface area contributed by atoms with Gasteiger partial charge in [-0.05, 0) is 37.7 Å². The molecular weight excluding hydrogens is 274 g/mol. The van der Waals surface area contributed by atoms with Gasteiger partial charge in [0.2, 0.25) is 0 Å². The standard InChI is InChI=1S/C15H18ClN3O/c1-3-20-12-6-4-5-10(7-12)14(18-2)13-8-11(16)9-19-15(13)17/h4-9,14,18H,3H2,1-2H3,(H2,17,19). The van der Waals surface area contributed by atoms with Crippen LogP contribution >= 0.6 is 11.6 Å². The molecule has 0 aliphatic heterocycles. The molecular formula is C15H18ClN3O. The van der Waals surface area contributed by atoms with Crippen LogP contribution in [0.4, 0.5) is 5.82 Å². The molecule has 1 atom stereocenters. The van der Waals surface area contributed by atoms with Gasteiger partial charge in [0, 0.05) is 11.8 Å². The van der Waals surface area contributed by atoms with Crippen molar-refractivity contribution in [2.24, 2.45) is 0 Å². The van der Waals surface area contributed by atoms with Crippen molar-refractivity contribution >= 4 is 17.4 Å². The molecule has 3 N–H and O–H groups in total. The van der Waals surface area contributed by atoms with Crippen LogP contribution in [-0.2, 0) is 0 Å². The van der Waals surface area contributed by atoms with Crippen LogP contribution in [0.1, 0.15) is 24.1 Å². The van der Waals surface area contributed by atoms with Gasteiger partial charge >= 0.3 is 0 Å². The SMILES string of the molecule is CCOc1cccc(C(NC)c2cc(Cl)cnc2N)c1. The third kappa shape index (κ3) is 3.21. The first-order valence-corrected chi connectivity index (χ1v) is 6.84. The Morgan fingerprint density at radius 2 is 2.20 bits per heavy atom. The quantitative estimate of drug-likeness (QED) is 0.889. The Morgan fingerprint density at radius 1 is 1.40 bits per heavy atom. The normalized spacial score (nSPS) is 12.2. The third-order valence-corrected chi connectivity index (χ3v) is 3.22. The molecule has 0 aliphatic carbocycles. The number of nitrogen functional groups attached to an aromatic ring is 1. The van der Waals surface area contributed by atoms with Gasteiger partial charge in [-0.3, -0.25) is 0 Å². The minimum absolute atomic E-state index is 0.0818. The van der Waals surface area contributed by atoms with Crippen molar-refractivity contribution < 1.29 is 4.74 Å². The Labute approximate surface area is 123 Å². The molecule has 1 aromatic carbocycles. The zero-order valence-electron chi connectivity index (χ0n) is 11.6. The highest BCUT2D eigenvalue weighted by Gasteiger charge is 2.16. The van der Waals surface area contributed by atoms with E-state index in [1.54, 1.807) is 6.20 Å². The minimum atomic E-state index is -0.0818. The van der Waals surface area contributed by atoms with Crippen molar-refractivity contribution in [3.8, 4) is 5.75 Å². The van der Waals surface area contributed by atoms with Crippen LogP contribution in [0.5, 0.6) is 5.75 Å². The van der Waals surface area contributed by atoms with Crippen LogP contribution in [-0.4, -0.2) is 18.6 Å². The zero-order chi connectivity index (χ0) is 14.5. The lowest BCUT2D eigenvalue weighted by atomic mass is 9.99. The van der Waals surface area contributed by atoms with Gasteiger partial charge in [-0.1, -0.05) is 23.7 Å². The fraction of sp³-hybridized carbons (Fsp3) is 0.267. The second-order valence-electron chi connectivity index (χ2n) is 4.36. The van der Waals surface area contributed by atoms with Gasteiger partial charge in [0.15, 0.2) is 0 Å². The van der Waals surface area contributed by atoms with Crippen molar-refractivity contribution in [1.29, 1.82) is 0 Å². The fourth-order valence-electron chi connectivity index (χ4n) is 2.15. The van der Waals surface area contributed by atoms with E-state index >= 15 is 0 Å². The summed E-state index contributed by atoms with van der Waals surface area (Å²) in [6.45, 7) is 2.59. The van der Waals surface area contributed by atoms with E-state index in [9.17, 15) is 0 Å². The van der Waals surface area contributed by atoms with Crippen molar-refractivity contribution in [3.63, 3.8) is 0 Å². The summed E-state index contributed by atoms with van der Waals surface area (Å²) in [5, 5.41) is 3.80. The molecule has 0 saturated heterocycles. The summed E-state index contributed by atoms with van der Waals surface area (Å²) >= 11 is 6.02. The number of ether oxygens (including phenoxy) is 1. The minimum Gasteiger partial charge on any atom is -0.494 e. The molecule has 0 radical (unpaired) electrons. The van der Waals surface area contributed by atoms with Crippen molar-refractivity contribution in [3.05, 3.63) is 52.7 Å². The third-order valence-electron chi connectivity index (χ3n) is 3.02. The second-order valence-corrected chi connectivity index (χ2v) is 4.79. The van der Waals surface area contributed by atoms with E-state index in [-0.39, 0.29) is 6.04 Å². The maximum absolute atomic E-state index is 6.02. The monoisotopic (exact) mass is 291 g/mol. The van der Waals surface area contributed by atoms with Crippen LogP contribution in [0.25, 0.3) is 0 Å². The summed E-state index contributed by atoms with van der Waals surface area (Å²) in [5.74, 6) is 1.30. The van der Waals surface area contributed by atoms with E-state index < -0.39 is 0 Å².